The molecule has 0 radical (unpaired) electrons. The van der Waals surface area contributed by atoms with Gasteiger partial charge in [-0.1, -0.05) is 44.2 Å². The Morgan fingerprint density at radius 1 is 1.25 bits per heavy atom. The topological polar surface area (TPSA) is 21.3 Å². The number of rotatable bonds is 5. The van der Waals surface area contributed by atoms with Crippen molar-refractivity contribution >= 4 is 0 Å². The highest BCUT2D eigenvalue weighted by Gasteiger charge is 2.39. The van der Waals surface area contributed by atoms with Crippen molar-refractivity contribution in [2.24, 2.45) is 11.3 Å². The second kappa shape index (κ2) is 4.98. The van der Waals surface area contributed by atoms with Crippen LogP contribution in [-0.2, 0) is 11.3 Å². The minimum Gasteiger partial charge on any atom is -0.376 e. The Morgan fingerprint density at radius 2 is 1.94 bits per heavy atom. The Labute approximate surface area is 98.0 Å². The van der Waals surface area contributed by atoms with Crippen LogP contribution < -0.4 is 5.32 Å². The Morgan fingerprint density at radius 3 is 2.44 bits per heavy atom. The maximum absolute atomic E-state index is 5.85. The molecule has 1 aromatic carbocycles. The predicted molar refractivity (Wildman–Crippen MR) is 66.2 cm³/mol. The lowest BCUT2D eigenvalue weighted by Crippen LogP contribution is -2.58. The van der Waals surface area contributed by atoms with Crippen molar-refractivity contribution in [1.82, 2.24) is 5.32 Å². The molecular weight excluding hydrogens is 198 g/mol. The van der Waals surface area contributed by atoms with Gasteiger partial charge in [0.1, 0.15) is 0 Å². The molecule has 1 heterocycles. The average molecular weight is 219 g/mol. The lowest BCUT2D eigenvalue weighted by atomic mass is 9.73. The van der Waals surface area contributed by atoms with E-state index in [0.29, 0.717) is 11.3 Å². The van der Waals surface area contributed by atoms with Crippen LogP contribution in [0.25, 0.3) is 0 Å². The summed E-state index contributed by atoms with van der Waals surface area (Å²) in [6.07, 6.45) is 0. The molecule has 0 aliphatic carbocycles. The third-order valence-electron chi connectivity index (χ3n) is 3.68. The first-order chi connectivity index (χ1) is 7.73. The number of ether oxygens (including phenoxy) is 1. The standard InChI is InChI=1S/C14H21NO/c1-12(2)14(9-15-10-14)11-16-8-13-6-4-3-5-7-13/h3-7,12,15H,8-11H2,1-2H3. The fourth-order valence-corrected chi connectivity index (χ4v) is 2.07. The van der Waals surface area contributed by atoms with E-state index in [0.717, 1.165) is 26.3 Å². The van der Waals surface area contributed by atoms with Gasteiger partial charge >= 0.3 is 0 Å². The largest absolute Gasteiger partial charge is 0.376 e. The Kier molecular flexibility index (Phi) is 3.62. The zero-order chi connectivity index (χ0) is 11.4. The van der Waals surface area contributed by atoms with Gasteiger partial charge in [0, 0.05) is 18.5 Å². The summed E-state index contributed by atoms with van der Waals surface area (Å²) in [7, 11) is 0. The summed E-state index contributed by atoms with van der Waals surface area (Å²) in [4.78, 5) is 0. The summed E-state index contributed by atoms with van der Waals surface area (Å²) < 4.78 is 5.85. The molecule has 2 rings (SSSR count). The van der Waals surface area contributed by atoms with Crippen molar-refractivity contribution in [1.29, 1.82) is 0 Å². The summed E-state index contributed by atoms with van der Waals surface area (Å²) >= 11 is 0. The molecule has 0 amide bonds. The van der Waals surface area contributed by atoms with Gasteiger partial charge in [0.25, 0.3) is 0 Å². The summed E-state index contributed by atoms with van der Waals surface area (Å²) in [6, 6.07) is 10.4. The van der Waals surface area contributed by atoms with Gasteiger partial charge in [-0.2, -0.15) is 0 Å². The molecule has 0 saturated carbocycles. The number of benzene rings is 1. The first kappa shape index (κ1) is 11.6. The Hall–Kier alpha value is -0.860. The van der Waals surface area contributed by atoms with Gasteiger partial charge in [-0.3, -0.25) is 0 Å². The normalized spacial score (nSPS) is 18.4. The molecule has 1 aliphatic heterocycles. The molecule has 0 bridgehead atoms. The second-order valence-corrected chi connectivity index (χ2v) is 5.10. The van der Waals surface area contributed by atoms with Crippen LogP contribution in [0.4, 0.5) is 0 Å². The van der Waals surface area contributed by atoms with E-state index in [1.165, 1.54) is 5.56 Å². The molecule has 0 aromatic heterocycles. The zero-order valence-corrected chi connectivity index (χ0v) is 10.2. The van der Waals surface area contributed by atoms with Gasteiger partial charge in [-0.25, -0.2) is 0 Å². The SMILES string of the molecule is CC(C)C1(COCc2ccccc2)CNC1. The highest BCUT2D eigenvalue weighted by atomic mass is 16.5. The van der Waals surface area contributed by atoms with Crippen LogP contribution in [0.5, 0.6) is 0 Å². The molecule has 1 N–H and O–H groups in total. The van der Waals surface area contributed by atoms with E-state index in [9.17, 15) is 0 Å². The van der Waals surface area contributed by atoms with E-state index in [1.54, 1.807) is 0 Å². The van der Waals surface area contributed by atoms with Crippen LogP contribution in [0, 0.1) is 11.3 Å². The fourth-order valence-electron chi connectivity index (χ4n) is 2.07. The molecule has 0 atom stereocenters. The lowest BCUT2D eigenvalue weighted by Gasteiger charge is -2.45. The van der Waals surface area contributed by atoms with Crippen molar-refractivity contribution in [3.8, 4) is 0 Å². The van der Waals surface area contributed by atoms with Gasteiger partial charge in [-0.05, 0) is 11.5 Å². The quantitative estimate of drug-likeness (QED) is 0.821. The Bertz CT molecular complexity index is 317. The molecular formula is C14H21NO. The van der Waals surface area contributed by atoms with E-state index in [1.807, 2.05) is 6.07 Å². The molecule has 2 nitrogen and oxygen atoms in total. The number of nitrogens with one attached hydrogen (secondary N) is 1. The van der Waals surface area contributed by atoms with Crippen LogP contribution >= 0.6 is 0 Å². The van der Waals surface area contributed by atoms with Crippen LogP contribution in [0.1, 0.15) is 19.4 Å². The minimum atomic E-state index is 0.370. The summed E-state index contributed by atoms with van der Waals surface area (Å²) in [5.41, 5.74) is 1.63. The summed E-state index contributed by atoms with van der Waals surface area (Å²) in [5.74, 6) is 0.685. The monoisotopic (exact) mass is 219 g/mol. The molecule has 2 heteroatoms. The van der Waals surface area contributed by atoms with Gasteiger partial charge in [0.15, 0.2) is 0 Å². The van der Waals surface area contributed by atoms with Gasteiger partial charge in [0.2, 0.25) is 0 Å². The van der Waals surface area contributed by atoms with Crippen LogP contribution in [0.15, 0.2) is 30.3 Å². The minimum absolute atomic E-state index is 0.370. The third-order valence-corrected chi connectivity index (χ3v) is 3.68. The van der Waals surface area contributed by atoms with Gasteiger partial charge < -0.3 is 10.1 Å². The first-order valence-corrected chi connectivity index (χ1v) is 6.05. The van der Waals surface area contributed by atoms with Gasteiger partial charge in [0.05, 0.1) is 13.2 Å². The van der Waals surface area contributed by atoms with E-state index >= 15 is 0 Å². The Balaban J connectivity index is 1.79. The fraction of sp³-hybridized carbons (Fsp3) is 0.571. The van der Waals surface area contributed by atoms with E-state index in [4.69, 9.17) is 4.74 Å². The van der Waals surface area contributed by atoms with Crippen molar-refractivity contribution in [2.45, 2.75) is 20.5 Å². The molecule has 1 fully saturated rings. The highest BCUT2D eigenvalue weighted by molar-refractivity contribution is 5.13. The van der Waals surface area contributed by atoms with Crippen molar-refractivity contribution < 1.29 is 4.74 Å². The van der Waals surface area contributed by atoms with Crippen molar-refractivity contribution in [3.63, 3.8) is 0 Å². The molecule has 16 heavy (non-hydrogen) atoms. The van der Waals surface area contributed by atoms with Crippen molar-refractivity contribution in [2.75, 3.05) is 19.7 Å². The molecule has 88 valence electrons. The summed E-state index contributed by atoms with van der Waals surface area (Å²) in [5, 5.41) is 3.35. The first-order valence-electron chi connectivity index (χ1n) is 6.05. The maximum Gasteiger partial charge on any atom is 0.0717 e. The smallest absolute Gasteiger partial charge is 0.0717 e. The third kappa shape index (κ3) is 2.45. The van der Waals surface area contributed by atoms with Crippen LogP contribution in [0.2, 0.25) is 0 Å². The van der Waals surface area contributed by atoms with Crippen LogP contribution in [0.3, 0.4) is 0 Å². The van der Waals surface area contributed by atoms with Crippen molar-refractivity contribution in [3.05, 3.63) is 35.9 Å². The molecule has 0 spiro atoms. The molecule has 1 saturated heterocycles. The lowest BCUT2D eigenvalue weighted by molar-refractivity contribution is -0.0267. The maximum atomic E-state index is 5.85. The molecule has 1 aromatic rings. The van der Waals surface area contributed by atoms with Gasteiger partial charge in [-0.15, -0.1) is 0 Å². The van der Waals surface area contributed by atoms with E-state index in [-0.39, 0.29) is 0 Å². The second-order valence-electron chi connectivity index (χ2n) is 5.10. The zero-order valence-electron chi connectivity index (χ0n) is 10.2. The molecule has 1 aliphatic rings. The summed E-state index contributed by atoms with van der Waals surface area (Å²) in [6.45, 7) is 8.36. The molecule has 0 unspecified atom stereocenters. The highest BCUT2D eigenvalue weighted by Crippen LogP contribution is 2.32. The van der Waals surface area contributed by atoms with E-state index in [2.05, 4.69) is 43.4 Å². The average Bonchev–Trinajstić information content (AvgIpc) is 2.23. The predicted octanol–water partition coefficient (Wildman–Crippen LogP) is 2.45. The number of hydrogen-bond acceptors (Lipinski definition) is 2. The van der Waals surface area contributed by atoms with E-state index < -0.39 is 0 Å². The van der Waals surface area contributed by atoms with Crippen LogP contribution in [-0.4, -0.2) is 19.7 Å². The number of hydrogen-bond donors (Lipinski definition) is 1.